The van der Waals surface area contributed by atoms with Gasteiger partial charge in [-0.3, -0.25) is 9.78 Å². The monoisotopic (exact) mass is 292 g/mol. The van der Waals surface area contributed by atoms with Gasteiger partial charge in [0.05, 0.1) is 0 Å². The second-order valence-corrected chi connectivity index (χ2v) is 4.22. The minimum atomic E-state index is -0.240. The summed E-state index contributed by atoms with van der Waals surface area (Å²) in [6.07, 6.45) is 3.42. The van der Waals surface area contributed by atoms with E-state index in [-0.39, 0.29) is 5.91 Å². The van der Waals surface area contributed by atoms with Gasteiger partial charge in [0.2, 0.25) is 0 Å². The van der Waals surface area contributed by atoms with Crippen LogP contribution in [0.25, 0.3) is 5.57 Å². The van der Waals surface area contributed by atoms with Crippen molar-refractivity contribution in [1.29, 1.82) is 0 Å². The molecule has 0 aliphatic heterocycles. The van der Waals surface area contributed by atoms with Gasteiger partial charge < -0.3 is 5.32 Å². The molecule has 1 amide bonds. The van der Waals surface area contributed by atoms with Crippen molar-refractivity contribution in [1.82, 2.24) is 10.3 Å². The van der Waals surface area contributed by atoms with Gasteiger partial charge in [0.15, 0.2) is 0 Å². The first kappa shape index (κ1) is 17.1. The Labute approximate surface area is 131 Å². The first-order valence-electron chi connectivity index (χ1n) is 6.85. The van der Waals surface area contributed by atoms with E-state index in [1.54, 1.807) is 24.4 Å². The van der Waals surface area contributed by atoms with Crippen molar-refractivity contribution in [2.45, 2.75) is 6.92 Å². The number of hydrogen-bond donors (Lipinski definition) is 1. The zero-order valence-corrected chi connectivity index (χ0v) is 12.8. The van der Waals surface area contributed by atoms with E-state index in [1.165, 1.54) is 0 Å². The van der Waals surface area contributed by atoms with Crippen LogP contribution >= 0.6 is 0 Å². The van der Waals surface area contributed by atoms with Crippen molar-refractivity contribution in [2.75, 3.05) is 0 Å². The lowest BCUT2D eigenvalue weighted by molar-refractivity contribution is 0.0962. The summed E-state index contributed by atoms with van der Waals surface area (Å²) in [4.78, 5) is 16.1. The maximum absolute atomic E-state index is 12.1. The fourth-order valence-corrected chi connectivity index (χ4v) is 1.80. The minimum Gasteiger partial charge on any atom is -0.320 e. The number of allylic oxidation sites excluding steroid dienone is 2. The molecule has 1 N–H and O–H groups in total. The van der Waals surface area contributed by atoms with Gasteiger partial charge in [0, 0.05) is 11.9 Å². The third-order valence-electron chi connectivity index (χ3n) is 2.88. The topological polar surface area (TPSA) is 42.0 Å². The predicted octanol–water partition coefficient (Wildman–Crippen LogP) is 4.23. The molecule has 0 aliphatic rings. The summed E-state index contributed by atoms with van der Waals surface area (Å²) >= 11 is 0. The van der Waals surface area contributed by atoms with Gasteiger partial charge in [-0.15, -0.1) is 13.2 Å². The summed E-state index contributed by atoms with van der Waals surface area (Å²) in [6, 6.07) is 15.0. The average molecular weight is 292 g/mol. The molecule has 1 heterocycles. The molecule has 1 aromatic carbocycles. The Morgan fingerprint density at radius 2 is 1.73 bits per heavy atom. The highest BCUT2D eigenvalue weighted by Crippen LogP contribution is 2.19. The van der Waals surface area contributed by atoms with Gasteiger partial charge in [0.25, 0.3) is 5.91 Å². The van der Waals surface area contributed by atoms with E-state index in [0.29, 0.717) is 11.4 Å². The van der Waals surface area contributed by atoms with Crippen LogP contribution in [0.3, 0.4) is 0 Å². The van der Waals surface area contributed by atoms with Gasteiger partial charge in [-0.2, -0.15) is 0 Å². The van der Waals surface area contributed by atoms with Crippen molar-refractivity contribution in [2.24, 2.45) is 0 Å². The fraction of sp³-hybridized carbons (Fsp3) is 0.0526. The van der Waals surface area contributed by atoms with Gasteiger partial charge in [0.1, 0.15) is 5.69 Å². The zero-order valence-electron chi connectivity index (χ0n) is 12.8. The van der Waals surface area contributed by atoms with Crippen LogP contribution < -0.4 is 5.32 Å². The Kier molecular flexibility index (Phi) is 7.06. The van der Waals surface area contributed by atoms with Crippen LogP contribution in [0.5, 0.6) is 0 Å². The van der Waals surface area contributed by atoms with Gasteiger partial charge in [-0.25, -0.2) is 0 Å². The molecule has 3 heteroatoms. The average Bonchev–Trinajstić information content (AvgIpc) is 2.62. The number of pyridine rings is 1. The number of benzene rings is 1. The SMILES string of the molecule is C=C.C=C(/C(=C\C)NC(=O)c1ccccn1)c1ccccc1. The summed E-state index contributed by atoms with van der Waals surface area (Å²) in [5.41, 5.74) is 2.82. The molecule has 2 aromatic rings. The maximum atomic E-state index is 12.1. The van der Waals surface area contributed by atoms with E-state index in [4.69, 9.17) is 0 Å². The van der Waals surface area contributed by atoms with E-state index in [1.807, 2.05) is 43.3 Å². The van der Waals surface area contributed by atoms with E-state index in [9.17, 15) is 4.79 Å². The van der Waals surface area contributed by atoms with Crippen LogP contribution in [-0.2, 0) is 0 Å². The van der Waals surface area contributed by atoms with Crippen molar-refractivity contribution in [3.05, 3.63) is 97.5 Å². The molecule has 0 spiro atoms. The Morgan fingerprint density at radius 1 is 1.09 bits per heavy atom. The molecule has 1 aromatic heterocycles. The number of hydrogen-bond acceptors (Lipinski definition) is 2. The molecule has 0 saturated heterocycles. The molecule has 3 nitrogen and oxygen atoms in total. The molecule has 2 rings (SSSR count). The molecule has 0 atom stereocenters. The lowest BCUT2D eigenvalue weighted by Crippen LogP contribution is -2.24. The fourth-order valence-electron chi connectivity index (χ4n) is 1.80. The highest BCUT2D eigenvalue weighted by Gasteiger charge is 2.11. The van der Waals surface area contributed by atoms with Gasteiger partial charge >= 0.3 is 0 Å². The molecule has 22 heavy (non-hydrogen) atoms. The highest BCUT2D eigenvalue weighted by atomic mass is 16.1. The largest absolute Gasteiger partial charge is 0.320 e. The first-order valence-corrected chi connectivity index (χ1v) is 6.85. The van der Waals surface area contributed by atoms with E-state index < -0.39 is 0 Å². The number of carbonyl (C=O) groups excluding carboxylic acids is 1. The Hall–Kier alpha value is -2.94. The minimum absolute atomic E-state index is 0.240. The molecule has 0 unspecified atom stereocenters. The van der Waals surface area contributed by atoms with Gasteiger partial charge in [-0.1, -0.05) is 49.1 Å². The molecule has 0 radical (unpaired) electrons. The molecule has 0 saturated carbocycles. The zero-order chi connectivity index (χ0) is 16.4. The molecular formula is C19H20N2O. The predicted molar refractivity (Wildman–Crippen MR) is 92.2 cm³/mol. The van der Waals surface area contributed by atoms with E-state index >= 15 is 0 Å². The third kappa shape index (κ3) is 4.56. The quantitative estimate of drug-likeness (QED) is 0.677. The van der Waals surface area contributed by atoms with Crippen molar-refractivity contribution < 1.29 is 4.79 Å². The lowest BCUT2D eigenvalue weighted by atomic mass is 10.0. The third-order valence-corrected chi connectivity index (χ3v) is 2.88. The Morgan fingerprint density at radius 3 is 2.27 bits per heavy atom. The summed E-state index contributed by atoms with van der Waals surface area (Å²) in [5.74, 6) is -0.240. The standard InChI is InChI=1S/C17H16N2O.C2H4/c1-3-15(13(2)14-9-5-4-6-10-14)19-17(20)16-11-7-8-12-18-16;1-2/h3-12H,2H2,1H3,(H,19,20);1-2H2/b15-3+;. The molecule has 0 fully saturated rings. The van der Waals surface area contributed by atoms with E-state index in [2.05, 4.69) is 30.0 Å². The van der Waals surface area contributed by atoms with Crippen LogP contribution in [0.15, 0.2) is 86.2 Å². The second kappa shape index (κ2) is 9.08. The number of nitrogens with zero attached hydrogens (tertiary/aromatic N) is 1. The molecule has 112 valence electrons. The second-order valence-electron chi connectivity index (χ2n) is 4.22. The maximum Gasteiger partial charge on any atom is 0.274 e. The normalized spacial score (nSPS) is 10.1. The number of rotatable bonds is 4. The Balaban J connectivity index is 0.00000116. The van der Waals surface area contributed by atoms with E-state index in [0.717, 1.165) is 11.1 Å². The molecule has 0 aliphatic carbocycles. The number of nitrogens with one attached hydrogen (secondary N) is 1. The lowest BCUT2D eigenvalue weighted by Gasteiger charge is -2.12. The van der Waals surface area contributed by atoms with Gasteiger partial charge in [-0.05, 0) is 30.2 Å². The Bertz CT molecular complexity index is 646. The highest BCUT2D eigenvalue weighted by molar-refractivity contribution is 5.96. The molecule has 0 bridgehead atoms. The van der Waals surface area contributed by atoms with Crippen LogP contribution in [0.2, 0.25) is 0 Å². The number of carbonyl (C=O) groups is 1. The smallest absolute Gasteiger partial charge is 0.274 e. The van der Waals surface area contributed by atoms with Crippen LogP contribution in [0, 0.1) is 0 Å². The van der Waals surface area contributed by atoms with Crippen LogP contribution in [-0.4, -0.2) is 10.9 Å². The first-order chi connectivity index (χ1) is 10.7. The van der Waals surface area contributed by atoms with Crippen molar-refractivity contribution in [3.8, 4) is 0 Å². The van der Waals surface area contributed by atoms with Crippen molar-refractivity contribution >= 4 is 11.5 Å². The summed E-state index contributed by atoms with van der Waals surface area (Å²) in [5, 5.41) is 2.84. The number of aromatic nitrogens is 1. The van der Waals surface area contributed by atoms with Crippen LogP contribution in [0.1, 0.15) is 23.0 Å². The number of amides is 1. The van der Waals surface area contributed by atoms with Crippen molar-refractivity contribution in [3.63, 3.8) is 0 Å². The van der Waals surface area contributed by atoms with Crippen LogP contribution in [0.4, 0.5) is 0 Å². The molecular weight excluding hydrogens is 272 g/mol. The summed E-state index contributed by atoms with van der Waals surface area (Å²) < 4.78 is 0. The summed E-state index contributed by atoms with van der Waals surface area (Å²) in [7, 11) is 0. The summed E-state index contributed by atoms with van der Waals surface area (Å²) in [6.45, 7) is 11.9.